The van der Waals surface area contributed by atoms with E-state index in [1.54, 1.807) is 12.1 Å². The summed E-state index contributed by atoms with van der Waals surface area (Å²) in [5, 5.41) is 22.2. The van der Waals surface area contributed by atoms with Crippen molar-refractivity contribution in [2.45, 2.75) is 84.6 Å². The van der Waals surface area contributed by atoms with Crippen LogP contribution in [0.2, 0.25) is 0 Å². The number of benzene rings is 3. The van der Waals surface area contributed by atoms with E-state index in [9.17, 15) is 9.59 Å². The third-order valence-corrected chi connectivity index (χ3v) is 8.37. The van der Waals surface area contributed by atoms with Crippen LogP contribution in [0.15, 0.2) is 60.7 Å². The van der Waals surface area contributed by atoms with Gasteiger partial charge in [0.2, 0.25) is 0 Å². The highest BCUT2D eigenvalue weighted by Crippen LogP contribution is 2.47. The van der Waals surface area contributed by atoms with Crippen LogP contribution in [-0.4, -0.2) is 59.9 Å². The topological polar surface area (TPSA) is 118 Å². The fourth-order valence-corrected chi connectivity index (χ4v) is 5.65. The Morgan fingerprint density at radius 3 is 2.17 bits per heavy atom. The van der Waals surface area contributed by atoms with E-state index in [1.165, 1.54) is 53.5 Å². The highest BCUT2D eigenvalue weighted by atomic mass is 32.2. The molecule has 264 valence electrons. The van der Waals surface area contributed by atoms with Crippen LogP contribution >= 0.6 is 11.8 Å². The van der Waals surface area contributed by atoms with Gasteiger partial charge in [-0.05, 0) is 121 Å². The summed E-state index contributed by atoms with van der Waals surface area (Å²) in [6, 6.07) is 20.7. The Hall–Kier alpha value is -3.57. The number of nitrogens with zero attached hydrogens (tertiary/aromatic N) is 1. The molecule has 10 heteroatoms. The van der Waals surface area contributed by atoms with Crippen LogP contribution in [0.1, 0.15) is 99.1 Å². The van der Waals surface area contributed by atoms with Crippen LogP contribution in [0.4, 0.5) is 10.5 Å². The summed E-state index contributed by atoms with van der Waals surface area (Å²) in [5.74, 6) is 2.43. The number of nitrogens with one attached hydrogen (secondary N) is 1. The van der Waals surface area contributed by atoms with Crippen LogP contribution in [0, 0.1) is 6.92 Å². The number of carbonyl (C=O) groups is 2. The van der Waals surface area contributed by atoms with Gasteiger partial charge in [0.1, 0.15) is 12.0 Å². The van der Waals surface area contributed by atoms with Crippen LogP contribution in [0.5, 0.6) is 11.5 Å². The van der Waals surface area contributed by atoms with Crippen molar-refractivity contribution >= 4 is 29.0 Å². The van der Waals surface area contributed by atoms with Gasteiger partial charge < -0.3 is 24.8 Å². The molecule has 0 aromatic heterocycles. The lowest BCUT2D eigenvalue weighted by Crippen LogP contribution is -2.25. The van der Waals surface area contributed by atoms with E-state index in [0.717, 1.165) is 48.7 Å². The minimum atomic E-state index is -0.829. The van der Waals surface area contributed by atoms with Crippen LogP contribution in [-0.2, 0) is 16.3 Å². The zero-order valence-electron chi connectivity index (χ0n) is 29.5. The van der Waals surface area contributed by atoms with E-state index in [1.807, 2.05) is 26.1 Å². The minimum absolute atomic E-state index is 0.146. The molecule has 2 atom stereocenters. The number of anilines is 1. The molecule has 5 rings (SSSR count). The van der Waals surface area contributed by atoms with Crippen LogP contribution in [0.3, 0.4) is 0 Å². The molecule has 0 unspecified atom stereocenters. The number of hydrogen-bond acceptors (Lipinski definition) is 9. The van der Waals surface area contributed by atoms with Gasteiger partial charge in [0.05, 0.1) is 13.2 Å². The van der Waals surface area contributed by atoms with Gasteiger partial charge in [-0.25, -0.2) is 10.1 Å². The van der Waals surface area contributed by atoms with Crippen LogP contribution in [0.25, 0.3) is 0 Å². The molecule has 3 aromatic rings. The SMILES string of the molecule is CCC.CCOc1cc([C@@H]2C[C@H](c3ccc(OOO)cc3)N(CC=O)C2)ccc1C1CC1.CCc1cc(C)ccc1NC.CSC(=O)O. The molecule has 9 nitrogen and oxygen atoms in total. The molecule has 0 radical (unpaired) electrons. The molecule has 2 fully saturated rings. The second-order valence-corrected chi connectivity index (χ2v) is 12.5. The number of aldehydes is 1. The number of carbonyl (C=O) groups excluding carboxylic acids is 1. The maximum Gasteiger partial charge on any atom is 0.364 e. The fraction of sp³-hybridized carbons (Fsp3) is 0.474. The van der Waals surface area contributed by atoms with Gasteiger partial charge in [-0.1, -0.05) is 69.2 Å². The van der Waals surface area contributed by atoms with E-state index in [2.05, 4.69) is 84.2 Å². The smallest absolute Gasteiger partial charge is 0.364 e. The van der Waals surface area contributed by atoms with E-state index in [4.69, 9.17) is 15.1 Å². The zero-order valence-corrected chi connectivity index (χ0v) is 30.3. The van der Waals surface area contributed by atoms with E-state index in [0.29, 0.717) is 30.7 Å². The number of ether oxygens (including phenoxy) is 1. The molecule has 1 saturated carbocycles. The first kappa shape index (κ1) is 40.6. The van der Waals surface area contributed by atoms with Gasteiger partial charge in [0.15, 0.2) is 5.75 Å². The summed E-state index contributed by atoms with van der Waals surface area (Å²) in [6.07, 6.45) is 8.26. The Labute approximate surface area is 290 Å². The van der Waals surface area contributed by atoms with Crippen molar-refractivity contribution in [1.29, 1.82) is 0 Å². The number of likely N-dealkylation sites (tertiary alicyclic amines) is 1. The predicted octanol–water partition coefficient (Wildman–Crippen LogP) is 9.52. The van der Waals surface area contributed by atoms with E-state index < -0.39 is 5.30 Å². The number of thioether (sulfide) groups is 1. The largest absolute Gasteiger partial charge is 0.494 e. The van der Waals surface area contributed by atoms with Gasteiger partial charge in [0.25, 0.3) is 0 Å². The highest BCUT2D eigenvalue weighted by molar-refractivity contribution is 8.12. The summed E-state index contributed by atoms with van der Waals surface area (Å²) in [6.45, 7) is 12.5. The van der Waals surface area contributed by atoms with Gasteiger partial charge in [0, 0.05) is 25.3 Å². The van der Waals surface area contributed by atoms with Gasteiger partial charge in [-0.2, -0.15) is 0 Å². The lowest BCUT2D eigenvalue weighted by atomic mass is 9.92. The van der Waals surface area contributed by atoms with Crippen molar-refractivity contribution in [1.82, 2.24) is 4.90 Å². The van der Waals surface area contributed by atoms with Gasteiger partial charge >= 0.3 is 5.30 Å². The van der Waals surface area contributed by atoms with Crippen molar-refractivity contribution in [3.63, 3.8) is 0 Å². The molecule has 48 heavy (non-hydrogen) atoms. The second-order valence-electron chi connectivity index (χ2n) is 11.7. The number of hydrogen-bond donors (Lipinski definition) is 3. The normalized spacial score (nSPS) is 16.6. The van der Waals surface area contributed by atoms with Crippen molar-refractivity contribution in [3.05, 3.63) is 88.5 Å². The lowest BCUT2D eigenvalue weighted by Gasteiger charge is -2.22. The Balaban J connectivity index is 0.000000346. The molecule has 0 bridgehead atoms. The fourth-order valence-electron chi connectivity index (χ4n) is 5.65. The predicted molar refractivity (Wildman–Crippen MR) is 196 cm³/mol. The number of rotatable bonds is 11. The van der Waals surface area contributed by atoms with Gasteiger partial charge in [-0.3, -0.25) is 4.90 Å². The summed E-state index contributed by atoms with van der Waals surface area (Å²) < 4.78 is 5.94. The third kappa shape index (κ3) is 13.1. The maximum atomic E-state index is 11.3. The Morgan fingerprint density at radius 1 is 1.00 bits per heavy atom. The number of carboxylic acid groups (broad SMARTS) is 1. The average Bonchev–Trinajstić information content (AvgIpc) is 3.85. The van der Waals surface area contributed by atoms with Crippen molar-refractivity contribution < 1.29 is 34.6 Å². The van der Waals surface area contributed by atoms with E-state index >= 15 is 0 Å². The van der Waals surface area contributed by atoms with Crippen molar-refractivity contribution in [2.75, 3.05) is 38.3 Å². The molecule has 2 aliphatic rings. The minimum Gasteiger partial charge on any atom is -0.494 e. The molecule has 1 saturated heterocycles. The maximum absolute atomic E-state index is 11.3. The Kier molecular flexibility index (Phi) is 18.7. The molecule has 3 N–H and O–H groups in total. The molecular weight excluding hydrogens is 628 g/mol. The molecular formula is C38H54N2O7S. The average molecular weight is 683 g/mol. The highest BCUT2D eigenvalue weighted by Gasteiger charge is 2.35. The number of aryl methyl sites for hydroxylation is 2. The quantitative estimate of drug-likeness (QED) is 0.103. The molecule has 1 heterocycles. The lowest BCUT2D eigenvalue weighted by molar-refractivity contribution is -0.438. The molecule has 0 spiro atoms. The second kappa shape index (κ2) is 22.1. The summed E-state index contributed by atoms with van der Waals surface area (Å²) in [5.41, 5.74) is 7.69. The first-order chi connectivity index (χ1) is 23.2. The molecule has 3 aromatic carbocycles. The first-order valence-electron chi connectivity index (χ1n) is 16.8. The standard InChI is InChI=1S/C23H27NO5.C10H15N.C3H8.C2H4O2S/c1-2-27-23-14-18(7-10-21(23)16-3-4-16)19-13-22(24(15-19)11-12-25)17-5-8-20(9-6-17)28-29-26;1-4-9-7-8(2)5-6-10(9)11-3;1-3-2;1-5-2(3)4/h5-10,12,14,16,19,22,26H,2-4,11,13,15H2,1H3;5-7,11H,4H2,1-3H3;3H2,1-2H3;1H3,(H,3,4)/t19-,22-;;;/m1.../s1. The first-order valence-corrected chi connectivity index (χ1v) is 18.0. The van der Waals surface area contributed by atoms with Crippen molar-refractivity contribution in [3.8, 4) is 11.5 Å². The van der Waals surface area contributed by atoms with Crippen molar-refractivity contribution in [2.24, 2.45) is 0 Å². The summed E-state index contributed by atoms with van der Waals surface area (Å²) >= 11 is 0.796. The summed E-state index contributed by atoms with van der Waals surface area (Å²) in [4.78, 5) is 27.4. The molecule has 1 aliphatic heterocycles. The monoisotopic (exact) mass is 682 g/mol. The van der Waals surface area contributed by atoms with E-state index in [-0.39, 0.29) is 6.04 Å². The van der Waals surface area contributed by atoms with Gasteiger partial charge in [-0.15, -0.1) is 0 Å². The third-order valence-electron chi connectivity index (χ3n) is 8.02. The molecule has 0 amide bonds. The molecule has 1 aliphatic carbocycles. The van der Waals surface area contributed by atoms with Crippen LogP contribution < -0.4 is 14.9 Å². The zero-order chi connectivity index (χ0) is 35.5. The Bertz CT molecular complexity index is 1380. The Morgan fingerprint density at radius 2 is 1.65 bits per heavy atom. The summed E-state index contributed by atoms with van der Waals surface area (Å²) in [7, 11) is 1.96.